The molecule has 0 atom stereocenters. The van der Waals surface area contributed by atoms with Crippen molar-refractivity contribution < 1.29 is 4.79 Å². The van der Waals surface area contributed by atoms with Gasteiger partial charge in [0.25, 0.3) is 0 Å². The summed E-state index contributed by atoms with van der Waals surface area (Å²) in [6, 6.07) is 10.3. The molecule has 0 bridgehead atoms. The highest BCUT2D eigenvalue weighted by Crippen LogP contribution is 2.30. The smallest absolute Gasteiger partial charge is 0.226 e. The van der Waals surface area contributed by atoms with Crippen LogP contribution in [0.3, 0.4) is 0 Å². The fraction of sp³-hybridized carbons (Fsp3) is 0.263. The Bertz CT molecular complexity index is 894. The molecule has 0 spiro atoms. The van der Waals surface area contributed by atoms with E-state index in [0.29, 0.717) is 11.7 Å². The summed E-state index contributed by atoms with van der Waals surface area (Å²) in [4.78, 5) is 16.9. The van der Waals surface area contributed by atoms with Crippen LogP contribution in [0.1, 0.15) is 23.1 Å². The Hall–Kier alpha value is -2.33. The molecule has 0 aliphatic carbocycles. The number of rotatable bonds is 4. The second kappa shape index (κ2) is 6.65. The summed E-state index contributed by atoms with van der Waals surface area (Å²) >= 11 is 5.69. The van der Waals surface area contributed by atoms with Gasteiger partial charge in [0, 0.05) is 24.1 Å². The molecule has 5 heteroatoms. The lowest BCUT2D eigenvalue weighted by molar-refractivity contribution is -0.115. The third-order valence-corrected chi connectivity index (χ3v) is 4.05. The number of amides is 1. The first kappa shape index (κ1) is 16.5. The van der Waals surface area contributed by atoms with Crippen LogP contribution in [-0.4, -0.2) is 21.2 Å². The molecule has 0 saturated carbocycles. The summed E-state index contributed by atoms with van der Waals surface area (Å²) in [5, 5.41) is 2.97. The van der Waals surface area contributed by atoms with Crippen molar-refractivity contribution in [3.63, 3.8) is 0 Å². The van der Waals surface area contributed by atoms with Gasteiger partial charge in [-0.25, -0.2) is 4.98 Å². The van der Waals surface area contributed by atoms with Gasteiger partial charge in [0.15, 0.2) is 0 Å². The molecule has 3 rings (SSSR count). The highest BCUT2D eigenvalue weighted by atomic mass is 35.5. The molecule has 24 heavy (non-hydrogen) atoms. The number of anilines is 1. The van der Waals surface area contributed by atoms with Crippen LogP contribution in [0.5, 0.6) is 0 Å². The molecule has 0 aliphatic heterocycles. The van der Waals surface area contributed by atoms with E-state index < -0.39 is 0 Å². The summed E-state index contributed by atoms with van der Waals surface area (Å²) in [7, 11) is 0. The van der Waals surface area contributed by atoms with Gasteiger partial charge in [0.05, 0.1) is 0 Å². The summed E-state index contributed by atoms with van der Waals surface area (Å²) in [6.07, 6.45) is 2.20. The maximum atomic E-state index is 12.1. The number of aryl methyl sites for hydroxylation is 3. The second-order valence-electron chi connectivity index (χ2n) is 6.10. The van der Waals surface area contributed by atoms with Crippen molar-refractivity contribution in [3.05, 3.63) is 53.2 Å². The Kier molecular flexibility index (Phi) is 4.58. The van der Waals surface area contributed by atoms with E-state index in [1.54, 1.807) is 0 Å². The third kappa shape index (κ3) is 3.29. The predicted octanol–water partition coefficient (Wildman–Crippen LogP) is 4.49. The molecule has 1 amide bonds. The highest BCUT2D eigenvalue weighted by Gasteiger charge is 2.17. The van der Waals surface area contributed by atoms with E-state index in [-0.39, 0.29) is 12.3 Å². The van der Waals surface area contributed by atoms with Gasteiger partial charge in [0.1, 0.15) is 17.2 Å². The maximum absolute atomic E-state index is 12.1. The fourth-order valence-electron chi connectivity index (χ4n) is 2.86. The average molecular weight is 342 g/mol. The molecule has 124 valence electrons. The Morgan fingerprint density at radius 3 is 2.50 bits per heavy atom. The Morgan fingerprint density at radius 1 is 1.12 bits per heavy atom. The molecule has 4 nitrogen and oxygen atoms in total. The first-order chi connectivity index (χ1) is 11.5. The van der Waals surface area contributed by atoms with Crippen LogP contribution in [0.4, 0.5) is 5.82 Å². The van der Waals surface area contributed by atoms with Crippen LogP contribution < -0.4 is 5.32 Å². The van der Waals surface area contributed by atoms with Crippen LogP contribution in [0, 0.1) is 20.8 Å². The molecule has 3 aromatic rings. The number of halogens is 1. The molecule has 0 saturated heterocycles. The summed E-state index contributed by atoms with van der Waals surface area (Å²) in [5.41, 5.74) is 6.03. The number of fused-ring (bicyclic) bond motifs is 1. The SMILES string of the molecule is Cc1cc(C)cc(-c2nc3cc(C)ccn3c2NC(=O)CCCl)c1. The molecular formula is C19H20ClN3O. The van der Waals surface area contributed by atoms with Crippen molar-refractivity contribution in [3.8, 4) is 11.3 Å². The van der Waals surface area contributed by atoms with E-state index in [1.807, 2.05) is 29.7 Å². The number of carbonyl (C=O) groups is 1. The molecule has 0 aliphatic rings. The summed E-state index contributed by atoms with van der Waals surface area (Å²) in [6.45, 7) is 6.14. The maximum Gasteiger partial charge on any atom is 0.226 e. The zero-order valence-corrected chi connectivity index (χ0v) is 14.8. The number of nitrogens with one attached hydrogen (secondary N) is 1. The second-order valence-corrected chi connectivity index (χ2v) is 6.48. The van der Waals surface area contributed by atoms with E-state index in [2.05, 4.69) is 37.4 Å². The van der Waals surface area contributed by atoms with Gasteiger partial charge in [-0.05, 0) is 50.6 Å². The minimum Gasteiger partial charge on any atom is -0.310 e. The van der Waals surface area contributed by atoms with E-state index in [4.69, 9.17) is 16.6 Å². The summed E-state index contributed by atoms with van der Waals surface area (Å²) < 4.78 is 1.91. The lowest BCUT2D eigenvalue weighted by Gasteiger charge is -2.08. The molecule has 2 heterocycles. The zero-order chi connectivity index (χ0) is 17.3. The van der Waals surface area contributed by atoms with E-state index in [9.17, 15) is 4.79 Å². The lowest BCUT2D eigenvalue weighted by atomic mass is 10.0. The van der Waals surface area contributed by atoms with Gasteiger partial charge in [-0.3, -0.25) is 9.20 Å². The minimum absolute atomic E-state index is 0.113. The quantitative estimate of drug-likeness (QED) is 0.710. The molecule has 0 unspecified atom stereocenters. The number of carbonyl (C=O) groups excluding carboxylic acids is 1. The van der Waals surface area contributed by atoms with Gasteiger partial charge >= 0.3 is 0 Å². The van der Waals surface area contributed by atoms with Crippen LogP contribution >= 0.6 is 11.6 Å². The lowest BCUT2D eigenvalue weighted by Crippen LogP contribution is -2.14. The number of hydrogen-bond donors (Lipinski definition) is 1. The number of nitrogens with zero attached hydrogens (tertiary/aromatic N) is 2. The molecular weight excluding hydrogens is 322 g/mol. The van der Waals surface area contributed by atoms with Crippen LogP contribution in [0.15, 0.2) is 36.5 Å². The average Bonchev–Trinajstić information content (AvgIpc) is 2.84. The number of hydrogen-bond acceptors (Lipinski definition) is 2. The van der Waals surface area contributed by atoms with E-state index in [0.717, 1.165) is 33.6 Å². The van der Waals surface area contributed by atoms with Crippen LogP contribution in [0.2, 0.25) is 0 Å². The topological polar surface area (TPSA) is 46.4 Å². The first-order valence-electron chi connectivity index (χ1n) is 7.91. The van der Waals surface area contributed by atoms with Crippen molar-refractivity contribution in [2.75, 3.05) is 11.2 Å². The molecule has 0 fully saturated rings. The summed E-state index contributed by atoms with van der Waals surface area (Å²) in [5.74, 6) is 0.865. The zero-order valence-electron chi connectivity index (χ0n) is 14.1. The van der Waals surface area contributed by atoms with Gasteiger partial charge in [0.2, 0.25) is 5.91 Å². The number of alkyl halides is 1. The highest BCUT2D eigenvalue weighted by molar-refractivity contribution is 6.19. The minimum atomic E-state index is -0.113. The molecule has 1 aromatic carbocycles. The van der Waals surface area contributed by atoms with Crippen LogP contribution in [-0.2, 0) is 4.79 Å². The predicted molar refractivity (Wildman–Crippen MR) is 98.8 cm³/mol. The first-order valence-corrected chi connectivity index (χ1v) is 8.44. The van der Waals surface area contributed by atoms with Crippen molar-refractivity contribution in [2.45, 2.75) is 27.2 Å². The standard InChI is InChI=1S/C19H20ClN3O/c1-12-5-7-23-16(11-12)21-18(19(23)22-17(24)4-6-20)15-9-13(2)8-14(3)10-15/h5,7-11H,4,6H2,1-3H3,(H,22,24). The van der Waals surface area contributed by atoms with Gasteiger partial charge in [-0.2, -0.15) is 0 Å². The van der Waals surface area contributed by atoms with Crippen molar-refractivity contribution in [1.82, 2.24) is 9.38 Å². The third-order valence-electron chi connectivity index (χ3n) is 3.86. The number of imidazole rings is 1. The molecule has 1 N–H and O–H groups in total. The molecule has 2 aromatic heterocycles. The van der Waals surface area contributed by atoms with Crippen molar-refractivity contribution in [1.29, 1.82) is 0 Å². The van der Waals surface area contributed by atoms with Gasteiger partial charge < -0.3 is 5.32 Å². The number of pyridine rings is 1. The van der Waals surface area contributed by atoms with Crippen LogP contribution in [0.25, 0.3) is 16.9 Å². The normalized spacial score (nSPS) is 11.0. The largest absolute Gasteiger partial charge is 0.310 e. The van der Waals surface area contributed by atoms with E-state index >= 15 is 0 Å². The van der Waals surface area contributed by atoms with Crippen molar-refractivity contribution >= 4 is 29.0 Å². The van der Waals surface area contributed by atoms with Crippen molar-refractivity contribution in [2.24, 2.45) is 0 Å². The number of benzene rings is 1. The Balaban J connectivity index is 2.19. The fourth-order valence-corrected chi connectivity index (χ4v) is 3.03. The van der Waals surface area contributed by atoms with Gasteiger partial charge in [-0.1, -0.05) is 17.2 Å². The van der Waals surface area contributed by atoms with E-state index in [1.165, 1.54) is 0 Å². The Labute approximate surface area is 146 Å². The van der Waals surface area contributed by atoms with Gasteiger partial charge in [-0.15, -0.1) is 11.6 Å². The monoisotopic (exact) mass is 341 g/mol. The molecule has 0 radical (unpaired) electrons. The Morgan fingerprint density at radius 2 is 1.83 bits per heavy atom. The number of aromatic nitrogens is 2.